The molecule has 1 N–H and O–H groups in total. The lowest BCUT2D eigenvalue weighted by Gasteiger charge is -2.21. The first-order valence-electron chi connectivity index (χ1n) is 7.18. The highest BCUT2D eigenvalue weighted by Crippen LogP contribution is 2.15. The lowest BCUT2D eigenvalue weighted by atomic mass is 10.1. The molecule has 0 aromatic heterocycles. The molecule has 1 atom stereocenters. The van der Waals surface area contributed by atoms with Crippen LogP contribution < -0.4 is 5.32 Å². The molecule has 1 saturated heterocycles. The molecule has 0 saturated carbocycles. The second-order valence-electron chi connectivity index (χ2n) is 5.28. The van der Waals surface area contributed by atoms with Crippen molar-refractivity contribution in [3.8, 4) is 0 Å². The summed E-state index contributed by atoms with van der Waals surface area (Å²) in [5.74, 6) is 0.111. The highest BCUT2D eigenvalue weighted by molar-refractivity contribution is 5.76. The maximum atomic E-state index is 11.8. The first kappa shape index (κ1) is 14.1. The molecule has 0 bridgehead atoms. The van der Waals surface area contributed by atoms with Gasteiger partial charge in [0.05, 0.1) is 12.5 Å². The predicted octanol–water partition coefficient (Wildman–Crippen LogP) is 2.61. The SMILES string of the molecule is Cc1cccc(CCNC(=O)CC2CCCCO2)c1. The van der Waals surface area contributed by atoms with Crippen molar-refractivity contribution in [1.29, 1.82) is 0 Å². The third-order valence-corrected chi connectivity index (χ3v) is 3.51. The Morgan fingerprint density at radius 1 is 1.42 bits per heavy atom. The van der Waals surface area contributed by atoms with Crippen LogP contribution in [0.4, 0.5) is 0 Å². The van der Waals surface area contributed by atoms with Crippen LogP contribution in [0.1, 0.15) is 36.8 Å². The maximum Gasteiger partial charge on any atom is 0.222 e. The van der Waals surface area contributed by atoms with Crippen LogP contribution >= 0.6 is 0 Å². The summed E-state index contributed by atoms with van der Waals surface area (Å²) in [7, 11) is 0. The third kappa shape index (κ3) is 5.03. The van der Waals surface area contributed by atoms with Gasteiger partial charge in [0, 0.05) is 13.2 Å². The van der Waals surface area contributed by atoms with Gasteiger partial charge in [-0.25, -0.2) is 0 Å². The smallest absolute Gasteiger partial charge is 0.222 e. The summed E-state index contributed by atoms with van der Waals surface area (Å²) < 4.78 is 5.57. The zero-order valence-electron chi connectivity index (χ0n) is 11.7. The molecule has 1 heterocycles. The van der Waals surface area contributed by atoms with Gasteiger partial charge in [0.25, 0.3) is 0 Å². The van der Waals surface area contributed by atoms with E-state index in [0.717, 1.165) is 25.9 Å². The Bertz CT molecular complexity index is 411. The molecule has 1 aliphatic heterocycles. The minimum atomic E-state index is 0.111. The summed E-state index contributed by atoms with van der Waals surface area (Å²) in [4.78, 5) is 11.8. The Morgan fingerprint density at radius 2 is 2.32 bits per heavy atom. The number of aryl methyl sites for hydroxylation is 1. The van der Waals surface area contributed by atoms with Gasteiger partial charge in [0.1, 0.15) is 0 Å². The number of benzene rings is 1. The van der Waals surface area contributed by atoms with Crippen LogP contribution in [0, 0.1) is 6.92 Å². The Balaban J connectivity index is 1.66. The fraction of sp³-hybridized carbons (Fsp3) is 0.562. The Hall–Kier alpha value is -1.35. The van der Waals surface area contributed by atoms with Crippen molar-refractivity contribution in [3.63, 3.8) is 0 Å². The van der Waals surface area contributed by atoms with Gasteiger partial charge in [-0.05, 0) is 38.2 Å². The molecule has 1 amide bonds. The van der Waals surface area contributed by atoms with E-state index in [1.807, 2.05) is 0 Å². The van der Waals surface area contributed by atoms with Gasteiger partial charge in [-0.2, -0.15) is 0 Å². The molecule has 1 unspecified atom stereocenters. The number of hydrogen-bond acceptors (Lipinski definition) is 2. The van der Waals surface area contributed by atoms with Crippen LogP contribution in [-0.2, 0) is 16.0 Å². The molecule has 0 aliphatic carbocycles. The van der Waals surface area contributed by atoms with Crippen LogP contribution in [-0.4, -0.2) is 25.2 Å². The van der Waals surface area contributed by atoms with E-state index in [1.54, 1.807) is 0 Å². The van der Waals surface area contributed by atoms with E-state index >= 15 is 0 Å². The number of ether oxygens (including phenoxy) is 1. The van der Waals surface area contributed by atoms with Crippen molar-refractivity contribution in [2.24, 2.45) is 0 Å². The third-order valence-electron chi connectivity index (χ3n) is 3.51. The van der Waals surface area contributed by atoms with Gasteiger partial charge in [-0.3, -0.25) is 4.79 Å². The summed E-state index contributed by atoms with van der Waals surface area (Å²) in [6.45, 7) is 3.60. The van der Waals surface area contributed by atoms with Crippen molar-refractivity contribution in [3.05, 3.63) is 35.4 Å². The van der Waals surface area contributed by atoms with Gasteiger partial charge >= 0.3 is 0 Å². The monoisotopic (exact) mass is 261 g/mol. The summed E-state index contributed by atoms with van der Waals surface area (Å²) in [6, 6.07) is 8.41. The van der Waals surface area contributed by atoms with Gasteiger partial charge in [0.2, 0.25) is 5.91 Å². The minimum Gasteiger partial charge on any atom is -0.378 e. The molecule has 1 aromatic rings. The van der Waals surface area contributed by atoms with E-state index in [-0.39, 0.29) is 12.0 Å². The number of carbonyl (C=O) groups is 1. The van der Waals surface area contributed by atoms with Crippen LogP contribution in [0.15, 0.2) is 24.3 Å². The first-order chi connectivity index (χ1) is 9.24. The highest BCUT2D eigenvalue weighted by atomic mass is 16.5. The number of carbonyl (C=O) groups excluding carboxylic acids is 1. The lowest BCUT2D eigenvalue weighted by molar-refractivity contribution is -0.124. The van der Waals surface area contributed by atoms with Gasteiger partial charge < -0.3 is 10.1 Å². The number of amides is 1. The topological polar surface area (TPSA) is 38.3 Å². The van der Waals surface area contributed by atoms with Crippen LogP contribution in [0.25, 0.3) is 0 Å². The highest BCUT2D eigenvalue weighted by Gasteiger charge is 2.17. The maximum absolute atomic E-state index is 11.8. The molecule has 1 aromatic carbocycles. The molecular weight excluding hydrogens is 238 g/mol. The number of nitrogens with one attached hydrogen (secondary N) is 1. The minimum absolute atomic E-state index is 0.111. The van der Waals surface area contributed by atoms with Gasteiger partial charge in [-0.1, -0.05) is 29.8 Å². The van der Waals surface area contributed by atoms with Crippen LogP contribution in [0.2, 0.25) is 0 Å². The van der Waals surface area contributed by atoms with E-state index in [1.165, 1.54) is 17.5 Å². The Kier molecular flexibility index (Phi) is 5.40. The van der Waals surface area contributed by atoms with Crippen LogP contribution in [0.5, 0.6) is 0 Å². The molecule has 1 aliphatic rings. The lowest BCUT2D eigenvalue weighted by Crippen LogP contribution is -2.31. The fourth-order valence-corrected chi connectivity index (χ4v) is 2.46. The second-order valence-corrected chi connectivity index (χ2v) is 5.28. The van der Waals surface area contributed by atoms with Crippen LogP contribution in [0.3, 0.4) is 0 Å². The molecular formula is C16H23NO2. The Morgan fingerprint density at radius 3 is 3.05 bits per heavy atom. The van der Waals surface area contributed by atoms with Crippen molar-refractivity contribution in [2.45, 2.75) is 45.1 Å². The van der Waals surface area contributed by atoms with E-state index in [2.05, 4.69) is 36.5 Å². The zero-order valence-corrected chi connectivity index (χ0v) is 11.7. The first-order valence-corrected chi connectivity index (χ1v) is 7.18. The molecule has 2 rings (SSSR count). The average molecular weight is 261 g/mol. The average Bonchev–Trinajstić information content (AvgIpc) is 2.40. The van der Waals surface area contributed by atoms with Gasteiger partial charge in [0.15, 0.2) is 0 Å². The summed E-state index contributed by atoms with van der Waals surface area (Å²) in [6.07, 6.45) is 4.86. The van der Waals surface area contributed by atoms with Gasteiger partial charge in [-0.15, -0.1) is 0 Å². The summed E-state index contributed by atoms with van der Waals surface area (Å²) >= 11 is 0. The van der Waals surface area contributed by atoms with Crippen molar-refractivity contribution >= 4 is 5.91 Å². The Labute approximate surface area is 115 Å². The standard InChI is InChI=1S/C16H23NO2/c1-13-5-4-6-14(11-13)8-9-17-16(18)12-15-7-2-3-10-19-15/h4-6,11,15H,2-3,7-10,12H2,1H3,(H,17,18). The molecule has 0 radical (unpaired) electrons. The molecule has 104 valence electrons. The quantitative estimate of drug-likeness (QED) is 0.885. The molecule has 19 heavy (non-hydrogen) atoms. The molecule has 3 heteroatoms. The van der Waals surface area contributed by atoms with Crippen molar-refractivity contribution in [1.82, 2.24) is 5.32 Å². The summed E-state index contributed by atoms with van der Waals surface area (Å²) in [5, 5.41) is 2.98. The number of rotatable bonds is 5. The van der Waals surface area contributed by atoms with Crippen molar-refractivity contribution < 1.29 is 9.53 Å². The molecule has 3 nitrogen and oxygen atoms in total. The summed E-state index contributed by atoms with van der Waals surface area (Å²) in [5.41, 5.74) is 2.54. The molecule has 1 fully saturated rings. The van der Waals surface area contributed by atoms with E-state index in [9.17, 15) is 4.79 Å². The van der Waals surface area contributed by atoms with E-state index in [0.29, 0.717) is 13.0 Å². The second kappa shape index (κ2) is 7.29. The normalized spacial score (nSPS) is 19.1. The fourth-order valence-electron chi connectivity index (χ4n) is 2.46. The molecule has 0 spiro atoms. The number of hydrogen-bond donors (Lipinski definition) is 1. The zero-order chi connectivity index (χ0) is 13.5. The van der Waals surface area contributed by atoms with E-state index in [4.69, 9.17) is 4.74 Å². The van der Waals surface area contributed by atoms with Crippen molar-refractivity contribution in [2.75, 3.05) is 13.2 Å². The van der Waals surface area contributed by atoms with E-state index < -0.39 is 0 Å². The predicted molar refractivity (Wildman–Crippen MR) is 76.1 cm³/mol. The largest absolute Gasteiger partial charge is 0.378 e.